The average molecular weight is 245 g/mol. The van der Waals surface area contributed by atoms with E-state index < -0.39 is 17.7 Å². The van der Waals surface area contributed by atoms with E-state index in [1.165, 1.54) is 7.11 Å². The van der Waals surface area contributed by atoms with Gasteiger partial charge in [-0.05, 0) is 13.8 Å². The summed E-state index contributed by atoms with van der Waals surface area (Å²) in [4.78, 5) is 24.3. The molecule has 1 N–H and O–H groups in total. The van der Waals surface area contributed by atoms with Gasteiger partial charge in [-0.3, -0.25) is 9.59 Å². The first-order valence-corrected chi connectivity index (χ1v) is 5.54. The monoisotopic (exact) mass is 245 g/mol. The number of carbonyl (C=O) groups excluding carboxylic acids is 1. The van der Waals surface area contributed by atoms with Gasteiger partial charge in [0, 0.05) is 20.2 Å². The fraction of sp³-hybridized carbons (Fsp3) is 0.818. The minimum Gasteiger partial charge on any atom is -0.481 e. The standard InChI is InChI=1S/C11H19NO5/c1-11(2,16-3)10(15)12-4-5-17-8(7-12)6-9(13)14/h8H,4-7H2,1-3H3,(H,13,14). The fourth-order valence-corrected chi connectivity index (χ4v) is 1.69. The number of rotatable bonds is 4. The number of carbonyl (C=O) groups is 2. The van der Waals surface area contributed by atoms with Gasteiger partial charge in [-0.15, -0.1) is 0 Å². The van der Waals surface area contributed by atoms with Crippen LogP contribution >= 0.6 is 0 Å². The summed E-state index contributed by atoms with van der Waals surface area (Å²) in [5, 5.41) is 8.69. The van der Waals surface area contributed by atoms with E-state index in [4.69, 9.17) is 14.6 Å². The molecule has 0 aromatic heterocycles. The Morgan fingerprint density at radius 1 is 1.53 bits per heavy atom. The van der Waals surface area contributed by atoms with Crippen molar-refractivity contribution in [2.75, 3.05) is 26.8 Å². The molecule has 0 aromatic rings. The van der Waals surface area contributed by atoms with E-state index in [1.54, 1.807) is 18.7 Å². The largest absolute Gasteiger partial charge is 0.481 e. The molecule has 1 saturated heterocycles. The minimum atomic E-state index is -0.921. The predicted molar refractivity (Wildman–Crippen MR) is 59.7 cm³/mol. The number of amides is 1. The molecule has 1 unspecified atom stereocenters. The second kappa shape index (κ2) is 5.46. The molecule has 1 atom stereocenters. The van der Waals surface area contributed by atoms with Crippen molar-refractivity contribution in [1.82, 2.24) is 4.90 Å². The summed E-state index contributed by atoms with van der Waals surface area (Å²) in [6.07, 6.45) is -0.519. The number of hydrogen-bond acceptors (Lipinski definition) is 4. The summed E-state index contributed by atoms with van der Waals surface area (Å²) in [6.45, 7) is 4.52. The molecule has 0 radical (unpaired) electrons. The van der Waals surface area contributed by atoms with E-state index in [0.29, 0.717) is 19.7 Å². The van der Waals surface area contributed by atoms with Crippen LogP contribution in [-0.4, -0.2) is 60.4 Å². The Kier molecular flexibility index (Phi) is 4.47. The molecule has 1 amide bonds. The Hall–Kier alpha value is -1.14. The molecular weight excluding hydrogens is 226 g/mol. The zero-order valence-corrected chi connectivity index (χ0v) is 10.4. The topological polar surface area (TPSA) is 76.1 Å². The van der Waals surface area contributed by atoms with E-state index in [2.05, 4.69) is 0 Å². The van der Waals surface area contributed by atoms with E-state index in [0.717, 1.165) is 0 Å². The first-order valence-electron chi connectivity index (χ1n) is 5.54. The summed E-state index contributed by atoms with van der Waals surface area (Å²) < 4.78 is 10.4. The Labute approximate surface area is 100 Å². The van der Waals surface area contributed by atoms with E-state index in [9.17, 15) is 9.59 Å². The molecule has 0 spiro atoms. The van der Waals surface area contributed by atoms with Gasteiger partial charge in [0.2, 0.25) is 0 Å². The molecule has 98 valence electrons. The number of nitrogens with zero attached hydrogens (tertiary/aromatic N) is 1. The van der Waals surface area contributed by atoms with Crippen molar-refractivity contribution in [2.45, 2.75) is 32.0 Å². The lowest BCUT2D eigenvalue weighted by Crippen LogP contribution is -2.53. The maximum Gasteiger partial charge on any atom is 0.306 e. The van der Waals surface area contributed by atoms with Gasteiger partial charge in [0.1, 0.15) is 5.60 Å². The predicted octanol–water partition coefficient (Wildman–Crippen LogP) is 0.114. The molecule has 0 saturated carbocycles. The van der Waals surface area contributed by atoms with E-state index in [-0.39, 0.29) is 12.3 Å². The maximum atomic E-state index is 12.1. The number of methoxy groups -OCH3 is 1. The Balaban J connectivity index is 2.60. The van der Waals surface area contributed by atoms with Gasteiger partial charge in [0.05, 0.1) is 19.1 Å². The number of morpholine rings is 1. The van der Waals surface area contributed by atoms with Crippen molar-refractivity contribution < 1.29 is 24.2 Å². The third-order valence-electron chi connectivity index (χ3n) is 2.85. The van der Waals surface area contributed by atoms with E-state index >= 15 is 0 Å². The fourth-order valence-electron chi connectivity index (χ4n) is 1.69. The van der Waals surface area contributed by atoms with Crippen LogP contribution in [0.2, 0.25) is 0 Å². The maximum absolute atomic E-state index is 12.1. The van der Waals surface area contributed by atoms with Gasteiger partial charge in [-0.1, -0.05) is 0 Å². The third kappa shape index (κ3) is 3.67. The summed E-state index contributed by atoms with van der Waals surface area (Å²) in [6, 6.07) is 0. The van der Waals surface area contributed by atoms with Crippen LogP contribution in [0.25, 0.3) is 0 Å². The highest BCUT2D eigenvalue weighted by Gasteiger charge is 2.35. The number of ether oxygens (including phenoxy) is 2. The van der Waals surface area contributed by atoms with Crippen LogP contribution < -0.4 is 0 Å². The molecule has 0 aliphatic carbocycles. The van der Waals surface area contributed by atoms with Crippen LogP contribution in [0.5, 0.6) is 0 Å². The summed E-state index contributed by atoms with van der Waals surface area (Å²) >= 11 is 0. The van der Waals surface area contributed by atoms with Crippen LogP contribution in [0.3, 0.4) is 0 Å². The second-order valence-electron chi connectivity index (χ2n) is 4.56. The van der Waals surface area contributed by atoms with Crippen LogP contribution in [0.1, 0.15) is 20.3 Å². The molecule has 1 fully saturated rings. The molecule has 17 heavy (non-hydrogen) atoms. The van der Waals surface area contributed by atoms with Crippen LogP contribution in [0, 0.1) is 0 Å². The third-order valence-corrected chi connectivity index (χ3v) is 2.85. The van der Waals surface area contributed by atoms with E-state index in [1.807, 2.05) is 0 Å². The van der Waals surface area contributed by atoms with Crippen molar-refractivity contribution in [3.63, 3.8) is 0 Å². The first-order chi connectivity index (χ1) is 7.86. The molecule has 6 heteroatoms. The Bertz CT molecular complexity index is 302. The average Bonchev–Trinajstić information content (AvgIpc) is 2.27. The quantitative estimate of drug-likeness (QED) is 0.761. The lowest BCUT2D eigenvalue weighted by molar-refractivity contribution is -0.160. The first kappa shape index (κ1) is 13.9. The summed E-state index contributed by atoms with van der Waals surface area (Å²) in [5.41, 5.74) is -0.884. The normalized spacial score (nSPS) is 21.4. The van der Waals surface area contributed by atoms with Crippen molar-refractivity contribution in [3.05, 3.63) is 0 Å². The highest BCUT2D eigenvalue weighted by atomic mass is 16.5. The zero-order valence-electron chi connectivity index (χ0n) is 10.4. The molecule has 6 nitrogen and oxygen atoms in total. The Morgan fingerprint density at radius 2 is 2.18 bits per heavy atom. The molecule has 1 heterocycles. The summed E-state index contributed by atoms with van der Waals surface area (Å²) in [5.74, 6) is -1.06. The van der Waals surface area contributed by atoms with Crippen molar-refractivity contribution in [1.29, 1.82) is 0 Å². The summed E-state index contributed by atoms with van der Waals surface area (Å²) in [7, 11) is 1.48. The van der Waals surface area contributed by atoms with Crippen LogP contribution in [0.15, 0.2) is 0 Å². The van der Waals surface area contributed by atoms with Gasteiger partial charge >= 0.3 is 5.97 Å². The van der Waals surface area contributed by atoms with Gasteiger partial charge in [0.15, 0.2) is 0 Å². The van der Waals surface area contributed by atoms with Crippen LogP contribution in [0.4, 0.5) is 0 Å². The number of carboxylic acids is 1. The molecule has 1 aliphatic heterocycles. The number of carboxylic acid groups (broad SMARTS) is 1. The van der Waals surface area contributed by atoms with Crippen molar-refractivity contribution >= 4 is 11.9 Å². The molecule has 0 aromatic carbocycles. The van der Waals surface area contributed by atoms with Gasteiger partial charge in [-0.25, -0.2) is 0 Å². The molecule has 1 rings (SSSR count). The molecule has 0 bridgehead atoms. The second-order valence-corrected chi connectivity index (χ2v) is 4.56. The van der Waals surface area contributed by atoms with Crippen LogP contribution in [-0.2, 0) is 19.1 Å². The van der Waals surface area contributed by atoms with Gasteiger partial charge in [0.25, 0.3) is 5.91 Å². The van der Waals surface area contributed by atoms with Crippen molar-refractivity contribution in [3.8, 4) is 0 Å². The lowest BCUT2D eigenvalue weighted by Gasteiger charge is -2.36. The minimum absolute atomic E-state index is 0.0861. The van der Waals surface area contributed by atoms with Gasteiger partial charge in [-0.2, -0.15) is 0 Å². The zero-order chi connectivity index (χ0) is 13.1. The Morgan fingerprint density at radius 3 is 2.71 bits per heavy atom. The number of aliphatic carboxylic acids is 1. The number of hydrogen-bond donors (Lipinski definition) is 1. The molecular formula is C11H19NO5. The SMILES string of the molecule is COC(C)(C)C(=O)N1CCOC(CC(=O)O)C1. The molecule has 1 aliphatic rings. The smallest absolute Gasteiger partial charge is 0.306 e. The highest BCUT2D eigenvalue weighted by Crippen LogP contribution is 2.16. The highest BCUT2D eigenvalue weighted by molar-refractivity contribution is 5.84. The van der Waals surface area contributed by atoms with Crippen molar-refractivity contribution in [2.24, 2.45) is 0 Å². The lowest BCUT2D eigenvalue weighted by atomic mass is 10.1. The van der Waals surface area contributed by atoms with Gasteiger partial charge < -0.3 is 19.5 Å².